The maximum absolute atomic E-state index is 5.66. The zero-order valence-electron chi connectivity index (χ0n) is 14.7. The van der Waals surface area contributed by atoms with Crippen LogP contribution in [-0.2, 0) is 6.54 Å². The zero-order valence-corrected chi connectivity index (χ0v) is 14.7. The summed E-state index contributed by atoms with van der Waals surface area (Å²) in [5, 5.41) is 3.50. The van der Waals surface area contributed by atoms with Gasteiger partial charge in [0.1, 0.15) is 0 Å². The van der Waals surface area contributed by atoms with Crippen LogP contribution in [0.4, 0.5) is 0 Å². The van der Waals surface area contributed by atoms with Crippen LogP contribution in [0.5, 0.6) is 11.5 Å². The second-order valence-electron chi connectivity index (χ2n) is 5.20. The fourth-order valence-electron chi connectivity index (χ4n) is 2.41. The number of nitrogens with zero attached hydrogens (tertiary/aromatic N) is 1. The van der Waals surface area contributed by atoms with Crippen LogP contribution in [0.1, 0.15) is 39.7 Å². The van der Waals surface area contributed by atoms with Gasteiger partial charge in [-0.05, 0) is 64.1 Å². The topological polar surface area (TPSA) is 33.7 Å². The number of benzene rings is 1. The van der Waals surface area contributed by atoms with Crippen LogP contribution in [0.2, 0.25) is 0 Å². The summed E-state index contributed by atoms with van der Waals surface area (Å²) >= 11 is 0. The van der Waals surface area contributed by atoms with Crippen LogP contribution in [-0.4, -0.2) is 44.3 Å². The van der Waals surface area contributed by atoms with Crippen molar-refractivity contribution >= 4 is 0 Å². The molecule has 22 heavy (non-hydrogen) atoms. The van der Waals surface area contributed by atoms with Gasteiger partial charge in [0.05, 0.1) is 13.2 Å². The summed E-state index contributed by atoms with van der Waals surface area (Å²) in [5.41, 5.74) is 1.23. The predicted molar refractivity (Wildman–Crippen MR) is 92.9 cm³/mol. The standard InChI is InChI=1S/C18H32N2O2/c1-5-20(6-2)13-9-12-19-15-16-10-11-17(21-7-3)18(14-16)22-8-4/h10-11,14,19H,5-9,12-13,15H2,1-4H3. The van der Waals surface area contributed by atoms with E-state index < -0.39 is 0 Å². The molecule has 0 unspecified atom stereocenters. The minimum atomic E-state index is 0.654. The molecule has 1 rings (SSSR count). The summed E-state index contributed by atoms with van der Waals surface area (Å²) in [4.78, 5) is 2.45. The highest BCUT2D eigenvalue weighted by Crippen LogP contribution is 2.28. The molecule has 1 aromatic rings. The monoisotopic (exact) mass is 308 g/mol. The van der Waals surface area contributed by atoms with Crippen LogP contribution in [0, 0.1) is 0 Å². The zero-order chi connectivity index (χ0) is 16.2. The van der Waals surface area contributed by atoms with Gasteiger partial charge in [0.2, 0.25) is 0 Å². The lowest BCUT2D eigenvalue weighted by Crippen LogP contribution is -2.27. The summed E-state index contributed by atoms with van der Waals surface area (Å²) in [7, 11) is 0. The molecular weight excluding hydrogens is 276 g/mol. The summed E-state index contributed by atoms with van der Waals surface area (Å²) < 4.78 is 11.2. The molecule has 0 saturated heterocycles. The molecule has 1 N–H and O–H groups in total. The first-order valence-electron chi connectivity index (χ1n) is 8.56. The SMILES string of the molecule is CCOc1ccc(CNCCCN(CC)CC)cc1OCC. The lowest BCUT2D eigenvalue weighted by atomic mass is 10.2. The fraction of sp³-hybridized carbons (Fsp3) is 0.667. The molecule has 0 radical (unpaired) electrons. The highest BCUT2D eigenvalue weighted by atomic mass is 16.5. The van der Waals surface area contributed by atoms with Crippen molar-refractivity contribution in [3.05, 3.63) is 23.8 Å². The van der Waals surface area contributed by atoms with Gasteiger partial charge in [0.25, 0.3) is 0 Å². The molecule has 0 saturated carbocycles. The summed E-state index contributed by atoms with van der Waals surface area (Å²) in [5.74, 6) is 1.67. The van der Waals surface area contributed by atoms with Crippen molar-refractivity contribution in [3.63, 3.8) is 0 Å². The number of nitrogens with one attached hydrogen (secondary N) is 1. The molecule has 0 amide bonds. The minimum Gasteiger partial charge on any atom is -0.490 e. The van der Waals surface area contributed by atoms with Gasteiger partial charge >= 0.3 is 0 Å². The van der Waals surface area contributed by atoms with Crippen LogP contribution in [0.3, 0.4) is 0 Å². The molecule has 0 aliphatic rings. The third-order valence-corrected chi connectivity index (χ3v) is 3.66. The molecule has 0 heterocycles. The Morgan fingerprint density at radius 2 is 1.64 bits per heavy atom. The van der Waals surface area contributed by atoms with Crippen molar-refractivity contribution in [2.24, 2.45) is 0 Å². The average molecular weight is 308 g/mol. The lowest BCUT2D eigenvalue weighted by molar-refractivity contribution is 0.287. The van der Waals surface area contributed by atoms with Crippen molar-refractivity contribution in [2.45, 2.75) is 40.7 Å². The van der Waals surface area contributed by atoms with Gasteiger partial charge in [-0.25, -0.2) is 0 Å². The van der Waals surface area contributed by atoms with Gasteiger partial charge in [0, 0.05) is 6.54 Å². The Morgan fingerprint density at radius 1 is 0.955 bits per heavy atom. The smallest absolute Gasteiger partial charge is 0.161 e. The molecule has 0 aromatic heterocycles. The predicted octanol–water partition coefficient (Wildman–Crippen LogP) is 3.31. The molecule has 126 valence electrons. The van der Waals surface area contributed by atoms with E-state index in [9.17, 15) is 0 Å². The summed E-state index contributed by atoms with van der Waals surface area (Å²) in [6, 6.07) is 6.18. The normalized spacial score (nSPS) is 11.0. The van der Waals surface area contributed by atoms with Gasteiger partial charge in [-0.15, -0.1) is 0 Å². The van der Waals surface area contributed by atoms with Crippen LogP contribution < -0.4 is 14.8 Å². The van der Waals surface area contributed by atoms with E-state index in [0.717, 1.165) is 44.2 Å². The minimum absolute atomic E-state index is 0.654. The number of rotatable bonds is 12. The Labute approximate surface area is 135 Å². The van der Waals surface area contributed by atoms with E-state index in [1.807, 2.05) is 19.9 Å². The van der Waals surface area contributed by atoms with E-state index in [0.29, 0.717) is 13.2 Å². The molecule has 1 aromatic carbocycles. The molecule has 4 heteroatoms. The Hall–Kier alpha value is -1.26. The molecule has 0 aliphatic heterocycles. The molecular formula is C18H32N2O2. The van der Waals surface area contributed by atoms with Crippen molar-refractivity contribution < 1.29 is 9.47 Å². The van der Waals surface area contributed by atoms with E-state index in [-0.39, 0.29) is 0 Å². The van der Waals surface area contributed by atoms with Gasteiger partial charge in [-0.1, -0.05) is 19.9 Å². The molecule has 0 atom stereocenters. The fourth-order valence-corrected chi connectivity index (χ4v) is 2.41. The highest BCUT2D eigenvalue weighted by Gasteiger charge is 2.06. The molecule has 0 fully saturated rings. The van der Waals surface area contributed by atoms with Gasteiger partial charge in [0.15, 0.2) is 11.5 Å². The lowest BCUT2D eigenvalue weighted by Gasteiger charge is -2.17. The van der Waals surface area contributed by atoms with Crippen molar-refractivity contribution in [3.8, 4) is 11.5 Å². The van der Waals surface area contributed by atoms with Crippen LogP contribution in [0.25, 0.3) is 0 Å². The van der Waals surface area contributed by atoms with Gasteiger partial charge < -0.3 is 19.7 Å². The summed E-state index contributed by atoms with van der Waals surface area (Å²) in [6.07, 6.45) is 1.18. The third kappa shape index (κ3) is 6.67. The first kappa shape index (κ1) is 18.8. The Morgan fingerprint density at radius 3 is 2.27 bits per heavy atom. The van der Waals surface area contributed by atoms with Gasteiger partial charge in [-0.3, -0.25) is 0 Å². The Balaban J connectivity index is 2.40. The molecule has 0 bridgehead atoms. The Kier molecular flexibility index (Phi) is 9.67. The second-order valence-corrected chi connectivity index (χ2v) is 5.20. The van der Waals surface area contributed by atoms with Crippen LogP contribution in [0.15, 0.2) is 18.2 Å². The van der Waals surface area contributed by atoms with E-state index in [1.165, 1.54) is 12.0 Å². The largest absolute Gasteiger partial charge is 0.490 e. The summed E-state index contributed by atoms with van der Waals surface area (Å²) in [6.45, 7) is 15.0. The molecule has 0 aliphatic carbocycles. The van der Waals surface area contributed by atoms with Crippen molar-refractivity contribution in [1.82, 2.24) is 10.2 Å². The maximum atomic E-state index is 5.66. The number of ether oxygens (including phenoxy) is 2. The van der Waals surface area contributed by atoms with E-state index >= 15 is 0 Å². The highest BCUT2D eigenvalue weighted by molar-refractivity contribution is 5.43. The maximum Gasteiger partial charge on any atom is 0.161 e. The third-order valence-electron chi connectivity index (χ3n) is 3.66. The first-order chi connectivity index (χ1) is 10.7. The van der Waals surface area contributed by atoms with Crippen molar-refractivity contribution in [1.29, 1.82) is 0 Å². The molecule has 0 spiro atoms. The number of hydrogen-bond donors (Lipinski definition) is 1. The van der Waals surface area contributed by atoms with E-state index in [1.54, 1.807) is 0 Å². The van der Waals surface area contributed by atoms with Crippen molar-refractivity contribution in [2.75, 3.05) is 39.4 Å². The Bertz CT molecular complexity index is 406. The average Bonchev–Trinajstić information content (AvgIpc) is 2.53. The van der Waals surface area contributed by atoms with E-state index in [2.05, 4.69) is 36.2 Å². The van der Waals surface area contributed by atoms with Gasteiger partial charge in [-0.2, -0.15) is 0 Å². The van der Waals surface area contributed by atoms with Crippen LogP contribution >= 0.6 is 0 Å². The first-order valence-corrected chi connectivity index (χ1v) is 8.56. The molecule has 4 nitrogen and oxygen atoms in total. The quantitative estimate of drug-likeness (QED) is 0.601. The van der Waals surface area contributed by atoms with E-state index in [4.69, 9.17) is 9.47 Å². The second kappa shape index (κ2) is 11.3. The number of hydrogen-bond acceptors (Lipinski definition) is 4.